The topological polar surface area (TPSA) is 76.4 Å². The van der Waals surface area contributed by atoms with E-state index in [1.807, 2.05) is 19.1 Å². The van der Waals surface area contributed by atoms with Crippen molar-refractivity contribution in [3.63, 3.8) is 0 Å². The summed E-state index contributed by atoms with van der Waals surface area (Å²) >= 11 is 3.38. The number of benzene rings is 1. The molecule has 2 rings (SSSR count). The Balaban J connectivity index is 2.44. The van der Waals surface area contributed by atoms with Crippen LogP contribution in [0.4, 0.5) is 5.95 Å². The van der Waals surface area contributed by atoms with Crippen molar-refractivity contribution in [3.8, 4) is 5.75 Å². The molecule has 0 atom stereocenters. The summed E-state index contributed by atoms with van der Waals surface area (Å²) in [4.78, 5) is 4.08. The summed E-state index contributed by atoms with van der Waals surface area (Å²) in [5.74, 6) is 0.469. The van der Waals surface area contributed by atoms with Gasteiger partial charge in [-0.15, -0.1) is 0 Å². The van der Waals surface area contributed by atoms with E-state index in [0.29, 0.717) is 16.0 Å². The van der Waals surface area contributed by atoms with Crippen molar-refractivity contribution in [1.29, 1.82) is 0 Å². The molecule has 0 saturated heterocycles. The summed E-state index contributed by atoms with van der Waals surface area (Å²) in [6.45, 7) is 8.19. The van der Waals surface area contributed by atoms with Gasteiger partial charge in [0.1, 0.15) is 5.75 Å². The van der Waals surface area contributed by atoms with E-state index in [9.17, 15) is 5.11 Å². The van der Waals surface area contributed by atoms with Crippen LogP contribution in [0.1, 0.15) is 37.6 Å². The van der Waals surface area contributed by atoms with Gasteiger partial charge in [0.2, 0.25) is 5.95 Å². The summed E-state index contributed by atoms with van der Waals surface area (Å²) in [7, 11) is 0. The average Bonchev–Trinajstić information content (AvgIpc) is 2.68. The Labute approximate surface area is 132 Å². The summed E-state index contributed by atoms with van der Waals surface area (Å²) in [5.41, 5.74) is 8.23. The number of hydrogen-bond donors (Lipinski definition) is 2. The van der Waals surface area contributed by atoms with E-state index in [2.05, 4.69) is 46.8 Å². The number of aromatic nitrogens is 2. The summed E-state index contributed by atoms with van der Waals surface area (Å²) in [6.07, 6.45) is 3.30. The Bertz CT molecular complexity index is 698. The van der Waals surface area contributed by atoms with Gasteiger partial charge in [-0.25, -0.2) is 9.66 Å². The molecule has 0 spiro atoms. The Morgan fingerprint density at radius 3 is 2.57 bits per heavy atom. The molecule has 1 aromatic heterocycles. The molecule has 6 heteroatoms. The van der Waals surface area contributed by atoms with E-state index < -0.39 is 0 Å². The predicted molar refractivity (Wildman–Crippen MR) is 88.9 cm³/mol. The van der Waals surface area contributed by atoms with Gasteiger partial charge in [0.25, 0.3) is 0 Å². The van der Waals surface area contributed by atoms with Crippen molar-refractivity contribution in [2.75, 3.05) is 5.73 Å². The summed E-state index contributed by atoms with van der Waals surface area (Å²) < 4.78 is 2.12. The van der Waals surface area contributed by atoms with Crippen LogP contribution in [0.15, 0.2) is 27.9 Å². The molecule has 0 amide bonds. The number of nitrogens with zero attached hydrogens (tertiary/aromatic N) is 3. The van der Waals surface area contributed by atoms with Crippen molar-refractivity contribution in [2.24, 2.45) is 5.10 Å². The molecule has 3 N–H and O–H groups in total. The molecule has 112 valence electrons. The van der Waals surface area contributed by atoms with Gasteiger partial charge in [-0.2, -0.15) is 5.10 Å². The van der Waals surface area contributed by atoms with E-state index in [1.54, 1.807) is 12.4 Å². The molecule has 0 aliphatic heterocycles. The zero-order valence-electron chi connectivity index (χ0n) is 12.6. The second-order valence-corrected chi connectivity index (χ2v) is 6.83. The minimum atomic E-state index is -0.0244. The van der Waals surface area contributed by atoms with Gasteiger partial charge in [-0.1, -0.05) is 20.8 Å². The number of anilines is 1. The van der Waals surface area contributed by atoms with Crippen molar-refractivity contribution in [3.05, 3.63) is 39.6 Å². The average molecular weight is 351 g/mol. The quantitative estimate of drug-likeness (QED) is 0.814. The first kappa shape index (κ1) is 15.6. The van der Waals surface area contributed by atoms with Crippen molar-refractivity contribution < 1.29 is 5.11 Å². The molecule has 0 bridgehead atoms. The first-order valence-corrected chi connectivity index (χ1v) is 7.36. The molecule has 0 aliphatic carbocycles. The number of phenolic OH excluding ortho intramolecular Hbond substituents is 1. The number of phenols is 1. The van der Waals surface area contributed by atoms with E-state index in [1.165, 1.54) is 4.68 Å². The van der Waals surface area contributed by atoms with E-state index in [0.717, 1.165) is 11.3 Å². The molecule has 1 heterocycles. The third kappa shape index (κ3) is 3.44. The Kier molecular flexibility index (Phi) is 4.09. The first-order chi connectivity index (χ1) is 9.68. The largest absolute Gasteiger partial charge is 0.506 e. The molecule has 0 saturated carbocycles. The second kappa shape index (κ2) is 5.52. The van der Waals surface area contributed by atoms with Crippen LogP contribution in [0.3, 0.4) is 0 Å². The molecule has 5 nitrogen and oxygen atoms in total. The Morgan fingerprint density at radius 1 is 1.38 bits per heavy atom. The number of halogens is 1. The van der Waals surface area contributed by atoms with Gasteiger partial charge >= 0.3 is 0 Å². The lowest BCUT2D eigenvalue weighted by atomic mass is 9.86. The number of aryl methyl sites for hydroxylation is 1. The summed E-state index contributed by atoms with van der Waals surface area (Å²) in [6, 6.07) is 3.84. The van der Waals surface area contributed by atoms with Crippen LogP contribution in [0.25, 0.3) is 0 Å². The SMILES string of the molecule is Cc1cn(N=Cc2cc(C(C)(C)C)cc(Br)c2O)c(N)n1. The fourth-order valence-corrected chi connectivity index (χ4v) is 2.35. The first-order valence-electron chi connectivity index (χ1n) is 6.57. The van der Waals surface area contributed by atoms with Gasteiger partial charge in [-0.3, -0.25) is 0 Å². The van der Waals surface area contributed by atoms with Crippen LogP contribution in [-0.2, 0) is 5.41 Å². The maximum Gasteiger partial charge on any atom is 0.221 e. The normalized spacial score (nSPS) is 12.2. The number of aromatic hydroxyl groups is 1. The highest BCUT2D eigenvalue weighted by Gasteiger charge is 2.17. The van der Waals surface area contributed by atoms with Gasteiger partial charge in [0.15, 0.2) is 0 Å². The fraction of sp³-hybridized carbons (Fsp3) is 0.333. The van der Waals surface area contributed by atoms with Gasteiger partial charge in [-0.05, 0) is 46.0 Å². The molecule has 1 aromatic carbocycles. The Hall–Kier alpha value is -1.82. The number of rotatable bonds is 2. The predicted octanol–water partition coefficient (Wildman–Crippen LogP) is 3.42. The Morgan fingerprint density at radius 2 is 2.05 bits per heavy atom. The highest BCUT2D eigenvalue weighted by molar-refractivity contribution is 9.10. The molecule has 0 radical (unpaired) electrons. The number of imidazole rings is 1. The van der Waals surface area contributed by atoms with Crippen LogP contribution < -0.4 is 5.73 Å². The molecule has 21 heavy (non-hydrogen) atoms. The monoisotopic (exact) mass is 350 g/mol. The molecular formula is C15H19BrN4O. The lowest BCUT2D eigenvalue weighted by Gasteiger charge is -2.20. The van der Waals surface area contributed by atoms with Crippen LogP contribution in [0, 0.1) is 6.92 Å². The lowest BCUT2D eigenvalue weighted by molar-refractivity contribution is 0.469. The number of hydrogen-bond acceptors (Lipinski definition) is 4. The van der Waals surface area contributed by atoms with Crippen LogP contribution in [0.2, 0.25) is 0 Å². The zero-order valence-corrected chi connectivity index (χ0v) is 14.1. The van der Waals surface area contributed by atoms with Gasteiger partial charge in [0, 0.05) is 5.56 Å². The maximum absolute atomic E-state index is 10.1. The van der Waals surface area contributed by atoms with Crippen molar-refractivity contribution in [1.82, 2.24) is 9.66 Å². The molecule has 0 fully saturated rings. The highest BCUT2D eigenvalue weighted by Crippen LogP contribution is 2.33. The minimum Gasteiger partial charge on any atom is -0.506 e. The van der Waals surface area contributed by atoms with Gasteiger partial charge < -0.3 is 10.8 Å². The van der Waals surface area contributed by atoms with Crippen LogP contribution in [0.5, 0.6) is 5.75 Å². The van der Waals surface area contributed by atoms with Crippen LogP contribution in [-0.4, -0.2) is 21.0 Å². The third-order valence-electron chi connectivity index (χ3n) is 3.11. The molecule has 2 aromatic rings. The second-order valence-electron chi connectivity index (χ2n) is 5.98. The van der Waals surface area contributed by atoms with E-state index in [-0.39, 0.29) is 11.2 Å². The van der Waals surface area contributed by atoms with Crippen molar-refractivity contribution in [2.45, 2.75) is 33.1 Å². The highest BCUT2D eigenvalue weighted by atomic mass is 79.9. The standard InChI is InChI=1S/C15H19BrN4O/c1-9-8-20(14(17)19-9)18-7-10-5-11(15(2,3)4)6-12(16)13(10)21/h5-8,21H,1-4H3,(H2,17,19). The number of nitrogen functional groups attached to an aromatic ring is 1. The van der Waals surface area contributed by atoms with Crippen molar-refractivity contribution >= 4 is 28.1 Å². The molecule has 0 aliphatic rings. The third-order valence-corrected chi connectivity index (χ3v) is 3.72. The fourth-order valence-electron chi connectivity index (χ4n) is 1.87. The minimum absolute atomic E-state index is 0.0244. The van der Waals surface area contributed by atoms with E-state index >= 15 is 0 Å². The smallest absolute Gasteiger partial charge is 0.221 e. The molecular weight excluding hydrogens is 332 g/mol. The number of nitrogens with two attached hydrogens (primary N) is 1. The lowest BCUT2D eigenvalue weighted by Crippen LogP contribution is -2.11. The zero-order chi connectivity index (χ0) is 15.8. The van der Waals surface area contributed by atoms with Crippen LogP contribution >= 0.6 is 15.9 Å². The maximum atomic E-state index is 10.1. The van der Waals surface area contributed by atoms with Gasteiger partial charge in [0.05, 0.1) is 22.6 Å². The summed E-state index contributed by atoms with van der Waals surface area (Å²) in [5, 5.41) is 14.4. The molecule has 0 unspecified atom stereocenters. The van der Waals surface area contributed by atoms with E-state index in [4.69, 9.17) is 5.73 Å².